The van der Waals surface area contributed by atoms with Crippen LogP contribution in [0.4, 0.5) is 5.82 Å². The van der Waals surface area contributed by atoms with Gasteiger partial charge in [-0.15, -0.1) is 0 Å². The maximum Gasteiger partial charge on any atom is 0.256 e. The van der Waals surface area contributed by atoms with Gasteiger partial charge >= 0.3 is 0 Å². The lowest BCUT2D eigenvalue weighted by molar-refractivity contribution is 0.108. The highest BCUT2D eigenvalue weighted by Gasteiger charge is 2.21. The Morgan fingerprint density at radius 2 is 1.90 bits per heavy atom. The molecule has 0 amide bonds. The number of anilines is 1. The van der Waals surface area contributed by atoms with Gasteiger partial charge in [0.1, 0.15) is 5.82 Å². The molecule has 1 aromatic heterocycles. The monoisotopic (exact) mass is 289 g/mol. The van der Waals surface area contributed by atoms with Gasteiger partial charge in [0.2, 0.25) is 0 Å². The number of fused-ring (bicyclic) bond motifs is 1. The van der Waals surface area contributed by atoms with Crippen LogP contribution >= 0.6 is 11.6 Å². The maximum atomic E-state index is 11.7. The molecule has 20 heavy (non-hydrogen) atoms. The first-order valence-corrected chi connectivity index (χ1v) is 7.06. The Kier molecular flexibility index (Phi) is 3.59. The molecule has 1 fully saturated rings. The highest BCUT2D eigenvalue weighted by Crippen LogP contribution is 2.25. The van der Waals surface area contributed by atoms with E-state index < -0.39 is 5.24 Å². The number of hydrogen-bond donors (Lipinski definition) is 0. The molecule has 1 saturated heterocycles. The molecular weight excluding hydrogens is 274 g/mol. The molecule has 0 spiro atoms. The van der Waals surface area contributed by atoms with Crippen molar-refractivity contribution in [2.75, 3.05) is 38.1 Å². The van der Waals surface area contributed by atoms with Gasteiger partial charge < -0.3 is 9.80 Å². The van der Waals surface area contributed by atoms with Gasteiger partial charge in [-0.05, 0) is 30.8 Å². The van der Waals surface area contributed by atoms with Gasteiger partial charge in [0.05, 0.1) is 11.1 Å². The van der Waals surface area contributed by atoms with E-state index in [1.54, 1.807) is 0 Å². The Morgan fingerprint density at radius 1 is 1.20 bits per heavy atom. The highest BCUT2D eigenvalue weighted by molar-refractivity contribution is 6.68. The number of rotatable bonds is 2. The van der Waals surface area contributed by atoms with Crippen LogP contribution in [-0.4, -0.2) is 48.4 Å². The van der Waals surface area contributed by atoms with Crippen molar-refractivity contribution in [1.29, 1.82) is 0 Å². The third-order valence-corrected chi connectivity index (χ3v) is 3.92. The molecule has 0 bridgehead atoms. The van der Waals surface area contributed by atoms with Crippen LogP contribution in [0.3, 0.4) is 0 Å². The summed E-state index contributed by atoms with van der Waals surface area (Å²) in [6, 6.07) is 9.62. The second-order valence-electron chi connectivity index (χ2n) is 5.12. The maximum absolute atomic E-state index is 11.7. The Hall–Kier alpha value is -1.65. The Morgan fingerprint density at radius 3 is 2.60 bits per heavy atom. The lowest BCUT2D eigenvalue weighted by Gasteiger charge is -2.34. The summed E-state index contributed by atoms with van der Waals surface area (Å²) < 4.78 is 0. The summed E-state index contributed by atoms with van der Waals surface area (Å²) in [5.41, 5.74) is 1.39. The van der Waals surface area contributed by atoms with E-state index in [1.165, 1.54) is 0 Å². The zero-order valence-electron chi connectivity index (χ0n) is 11.3. The van der Waals surface area contributed by atoms with Crippen LogP contribution < -0.4 is 4.90 Å². The topological polar surface area (TPSA) is 36.4 Å². The van der Waals surface area contributed by atoms with Gasteiger partial charge in [0, 0.05) is 31.6 Å². The lowest BCUT2D eigenvalue weighted by atomic mass is 10.1. The molecule has 1 aliphatic rings. The summed E-state index contributed by atoms with van der Waals surface area (Å²) in [4.78, 5) is 20.8. The van der Waals surface area contributed by atoms with Crippen LogP contribution in [0.2, 0.25) is 0 Å². The number of carbonyl (C=O) groups excluding carboxylic acids is 1. The summed E-state index contributed by atoms with van der Waals surface area (Å²) in [6.07, 6.45) is 0. The van der Waals surface area contributed by atoms with Crippen molar-refractivity contribution in [2.24, 2.45) is 0 Å². The molecule has 1 aromatic carbocycles. The van der Waals surface area contributed by atoms with Gasteiger partial charge in [0.25, 0.3) is 5.24 Å². The molecule has 0 N–H and O–H groups in total. The van der Waals surface area contributed by atoms with Gasteiger partial charge in [0.15, 0.2) is 0 Å². The number of likely N-dealkylation sites (N-methyl/N-ethyl adjacent to an activating group) is 1. The zero-order valence-corrected chi connectivity index (χ0v) is 12.1. The van der Waals surface area contributed by atoms with Crippen LogP contribution in [-0.2, 0) is 0 Å². The number of hydrogen-bond acceptors (Lipinski definition) is 4. The average Bonchev–Trinajstić information content (AvgIpc) is 2.46. The van der Waals surface area contributed by atoms with E-state index in [0.717, 1.165) is 37.1 Å². The third kappa shape index (κ3) is 2.49. The fourth-order valence-electron chi connectivity index (χ4n) is 2.51. The number of aromatic nitrogens is 1. The molecule has 0 unspecified atom stereocenters. The van der Waals surface area contributed by atoms with E-state index in [0.29, 0.717) is 11.4 Å². The summed E-state index contributed by atoms with van der Waals surface area (Å²) in [5, 5.41) is 0.492. The minimum Gasteiger partial charge on any atom is -0.353 e. The van der Waals surface area contributed by atoms with E-state index >= 15 is 0 Å². The first kappa shape index (κ1) is 13.3. The van der Waals surface area contributed by atoms with Crippen LogP contribution in [0.5, 0.6) is 0 Å². The molecule has 0 saturated carbocycles. The Balaban J connectivity index is 2.07. The number of piperazine rings is 1. The molecule has 0 radical (unpaired) electrons. The van der Waals surface area contributed by atoms with Crippen molar-refractivity contribution >= 4 is 33.6 Å². The number of carbonyl (C=O) groups is 1. The smallest absolute Gasteiger partial charge is 0.256 e. The molecule has 5 heteroatoms. The number of benzene rings is 1. The predicted molar refractivity (Wildman–Crippen MR) is 81.6 cm³/mol. The first-order valence-electron chi connectivity index (χ1n) is 6.68. The Bertz CT molecular complexity index is 651. The SMILES string of the molecule is CN1CCN(c2nc3ccccc3cc2C(=O)Cl)CC1. The van der Waals surface area contributed by atoms with E-state index in [1.807, 2.05) is 30.3 Å². The van der Waals surface area contributed by atoms with Crippen LogP contribution in [0, 0.1) is 0 Å². The van der Waals surface area contributed by atoms with Gasteiger partial charge in [-0.1, -0.05) is 18.2 Å². The molecule has 0 atom stereocenters. The van der Waals surface area contributed by atoms with Crippen LogP contribution in [0.25, 0.3) is 10.9 Å². The second kappa shape index (κ2) is 5.38. The van der Waals surface area contributed by atoms with Crippen molar-refractivity contribution in [2.45, 2.75) is 0 Å². The van der Waals surface area contributed by atoms with E-state index in [2.05, 4.69) is 21.8 Å². The molecule has 3 rings (SSSR count). The number of pyridine rings is 1. The molecule has 1 aliphatic heterocycles. The number of para-hydroxylation sites is 1. The molecular formula is C15H16ClN3O. The minimum atomic E-state index is -0.447. The fraction of sp³-hybridized carbons (Fsp3) is 0.333. The van der Waals surface area contributed by atoms with Gasteiger partial charge in [-0.3, -0.25) is 4.79 Å². The largest absolute Gasteiger partial charge is 0.353 e. The third-order valence-electron chi connectivity index (χ3n) is 3.72. The van der Waals surface area contributed by atoms with E-state index in [-0.39, 0.29) is 0 Å². The van der Waals surface area contributed by atoms with E-state index in [4.69, 9.17) is 11.6 Å². The summed E-state index contributed by atoms with van der Waals surface area (Å²) in [5.74, 6) is 0.705. The van der Waals surface area contributed by atoms with Gasteiger partial charge in [-0.25, -0.2) is 4.98 Å². The fourth-order valence-corrected chi connectivity index (χ4v) is 2.65. The van der Waals surface area contributed by atoms with Crippen molar-refractivity contribution in [1.82, 2.24) is 9.88 Å². The summed E-state index contributed by atoms with van der Waals surface area (Å²) in [7, 11) is 2.10. The van der Waals surface area contributed by atoms with Crippen molar-refractivity contribution in [3.05, 3.63) is 35.9 Å². The van der Waals surface area contributed by atoms with Crippen LogP contribution in [0.1, 0.15) is 10.4 Å². The zero-order chi connectivity index (χ0) is 14.1. The molecule has 0 aliphatic carbocycles. The number of nitrogens with zero attached hydrogens (tertiary/aromatic N) is 3. The minimum absolute atomic E-state index is 0.447. The molecule has 2 aromatic rings. The average molecular weight is 290 g/mol. The molecule has 4 nitrogen and oxygen atoms in total. The number of halogens is 1. The predicted octanol–water partition coefficient (Wildman–Crippen LogP) is 2.37. The standard InChI is InChI=1S/C15H16ClN3O/c1-18-6-8-19(9-7-18)15-12(14(16)20)10-11-4-2-3-5-13(11)17-15/h2-5,10H,6-9H2,1H3. The lowest BCUT2D eigenvalue weighted by Crippen LogP contribution is -2.45. The van der Waals surface area contributed by atoms with Gasteiger partial charge in [-0.2, -0.15) is 0 Å². The second-order valence-corrected chi connectivity index (χ2v) is 5.46. The first-order chi connectivity index (χ1) is 9.65. The summed E-state index contributed by atoms with van der Waals surface area (Å²) in [6.45, 7) is 3.65. The van der Waals surface area contributed by atoms with Crippen molar-refractivity contribution < 1.29 is 4.79 Å². The normalized spacial score (nSPS) is 16.6. The van der Waals surface area contributed by atoms with Crippen molar-refractivity contribution in [3.8, 4) is 0 Å². The molecule has 104 valence electrons. The van der Waals surface area contributed by atoms with E-state index in [9.17, 15) is 4.79 Å². The Labute approximate surface area is 123 Å². The van der Waals surface area contributed by atoms with Crippen LogP contribution in [0.15, 0.2) is 30.3 Å². The quantitative estimate of drug-likeness (QED) is 0.795. The summed E-state index contributed by atoms with van der Waals surface area (Å²) >= 11 is 5.74. The molecule has 2 heterocycles. The van der Waals surface area contributed by atoms with Crippen molar-refractivity contribution in [3.63, 3.8) is 0 Å². The highest BCUT2D eigenvalue weighted by atomic mass is 35.5.